The predicted octanol–water partition coefficient (Wildman–Crippen LogP) is 2.05. The molecule has 1 aliphatic heterocycles. The van der Waals surface area contributed by atoms with Crippen molar-refractivity contribution >= 4 is 17.3 Å². The van der Waals surface area contributed by atoms with Crippen LogP contribution in [0.2, 0.25) is 0 Å². The molecule has 0 bridgehead atoms. The largest absolute Gasteiger partial charge is 0.478 e. The van der Waals surface area contributed by atoms with Gasteiger partial charge in [-0.25, -0.2) is 9.18 Å². The Labute approximate surface area is 120 Å². The molecule has 21 heavy (non-hydrogen) atoms. The summed E-state index contributed by atoms with van der Waals surface area (Å²) in [4.78, 5) is 23.0. The number of nitro benzene ring substituents is 1. The van der Waals surface area contributed by atoms with Gasteiger partial charge in [0.25, 0.3) is 5.69 Å². The van der Waals surface area contributed by atoms with Gasteiger partial charge in [0.05, 0.1) is 17.1 Å². The van der Waals surface area contributed by atoms with Crippen LogP contribution in [0.4, 0.5) is 15.8 Å². The van der Waals surface area contributed by atoms with Gasteiger partial charge in [0, 0.05) is 25.2 Å². The van der Waals surface area contributed by atoms with Crippen LogP contribution in [0.15, 0.2) is 12.1 Å². The second-order valence-corrected chi connectivity index (χ2v) is 5.05. The third-order valence-electron chi connectivity index (χ3n) is 3.25. The first-order valence-corrected chi connectivity index (χ1v) is 6.41. The van der Waals surface area contributed by atoms with E-state index in [0.29, 0.717) is 13.1 Å². The number of hydrogen-bond donors (Lipinski definition) is 1. The first-order chi connectivity index (χ1) is 9.79. The fourth-order valence-electron chi connectivity index (χ4n) is 2.49. The molecule has 0 saturated carbocycles. The average Bonchev–Trinajstić information content (AvgIpc) is 2.36. The Balaban J connectivity index is 2.49. The average molecular weight is 298 g/mol. The molecule has 1 heterocycles. The Morgan fingerprint density at radius 3 is 2.48 bits per heavy atom. The summed E-state index contributed by atoms with van der Waals surface area (Å²) in [5.41, 5.74) is -1.06. The molecule has 0 unspecified atom stereocenters. The van der Waals surface area contributed by atoms with E-state index >= 15 is 0 Å². The number of aromatic carboxylic acids is 1. The van der Waals surface area contributed by atoms with Crippen LogP contribution >= 0.6 is 0 Å². The van der Waals surface area contributed by atoms with Crippen LogP contribution in [0.3, 0.4) is 0 Å². The van der Waals surface area contributed by atoms with Crippen molar-refractivity contribution in [1.29, 1.82) is 0 Å². The molecule has 1 saturated heterocycles. The number of halogens is 1. The summed E-state index contributed by atoms with van der Waals surface area (Å²) in [6.07, 6.45) is -0.314. The first kappa shape index (κ1) is 15.2. The molecule has 1 fully saturated rings. The number of nitro groups is 1. The summed E-state index contributed by atoms with van der Waals surface area (Å²) in [5, 5.41) is 20.0. The number of benzene rings is 1. The van der Waals surface area contributed by atoms with Crippen LogP contribution in [0.1, 0.15) is 24.2 Å². The molecule has 2 atom stereocenters. The fraction of sp³-hybridized carbons (Fsp3) is 0.462. The Morgan fingerprint density at radius 2 is 2.00 bits per heavy atom. The maximum Gasteiger partial charge on any atom is 0.338 e. The fourth-order valence-corrected chi connectivity index (χ4v) is 2.49. The molecule has 1 N–H and O–H groups in total. The lowest BCUT2D eigenvalue weighted by Gasteiger charge is -2.36. The van der Waals surface area contributed by atoms with Gasteiger partial charge in [-0.15, -0.1) is 0 Å². The summed E-state index contributed by atoms with van der Waals surface area (Å²) in [5.74, 6) is -2.53. The highest BCUT2D eigenvalue weighted by molar-refractivity contribution is 5.90. The number of carboxylic acids is 1. The predicted molar refractivity (Wildman–Crippen MR) is 72.2 cm³/mol. The third kappa shape index (κ3) is 3.10. The molecule has 1 aromatic rings. The van der Waals surface area contributed by atoms with Crippen molar-refractivity contribution in [2.75, 3.05) is 18.0 Å². The van der Waals surface area contributed by atoms with E-state index < -0.39 is 28.0 Å². The second-order valence-electron chi connectivity index (χ2n) is 5.05. The van der Waals surface area contributed by atoms with E-state index in [1.54, 1.807) is 4.90 Å². The van der Waals surface area contributed by atoms with E-state index in [1.165, 1.54) is 0 Å². The van der Waals surface area contributed by atoms with Gasteiger partial charge in [-0.1, -0.05) is 0 Å². The second kappa shape index (κ2) is 5.65. The summed E-state index contributed by atoms with van der Waals surface area (Å²) >= 11 is 0. The van der Waals surface area contributed by atoms with Crippen molar-refractivity contribution in [2.24, 2.45) is 0 Å². The van der Waals surface area contributed by atoms with Crippen LogP contribution < -0.4 is 4.90 Å². The smallest absolute Gasteiger partial charge is 0.338 e. The zero-order valence-electron chi connectivity index (χ0n) is 11.6. The lowest BCUT2D eigenvalue weighted by molar-refractivity contribution is -0.384. The highest BCUT2D eigenvalue weighted by Crippen LogP contribution is 2.33. The third-order valence-corrected chi connectivity index (χ3v) is 3.25. The molecule has 0 spiro atoms. The highest BCUT2D eigenvalue weighted by atomic mass is 19.1. The first-order valence-electron chi connectivity index (χ1n) is 6.41. The van der Waals surface area contributed by atoms with Crippen molar-refractivity contribution < 1.29 is 24.0 Å². The van der Waals surface area contributed by atoms with Crippen LogP contribution in [-0.2, 0) is 4.74 Å². The quantitative estimate of drug-likeness (QED) is 0.678. The van der Waals surface area contributed by atoms with E-state index in [4.69, 9.17) is 9.84 Å². The Bertz CT molecular complexity index is 582. The van der Waals surface area contributed by atoms with Gasteiger partial charge in [0.2, 0.25) is 0 Å². The van der Waals surface area contributed by atoms with Crippen LogP contribution in [0, 0.1) is 15.9 Å². The number of rotatable bonds is 3. The van der Waals surface area contributed by atoms with Gasteiger partial charge in [0.1, 0.15) is 17.1 Å². The van der Waals surface area contributed by atoms with E-state index in [9.17, 15) is 19.3 Å². The number of morpholine rings is 1. The number of carboxylic acid groups (broad SMARTS) is 1. The molecule has 1 aliphatic rings. The van der Waals surface area contributed by atoms with E-state index in [2.05, 4.69) is 0 Å². The molecule has 0 amide bonds. The Morgan fingerprint density at radius 1 is 1.43 bits per heavy atom. The Kier molecular flexibility index (Phi) is 4.08. The zero-order chi connectivity index (χ0) is 15.7. The van der Waals surface area contributed by atoms with Crippen molar-refractivity contribution in [2.45, 2.75) is 26.1 Å². The molecule has 7 nitrogen and oxygen atoms in total. The summed E-state index contributed by atoms with van der Waals surface area (Å²) < 4.78 is 19.4. The minimum Gasteiger partial charge on any atom is -0.478 e. The molecular weight excluding hydrogens is 283 g/mol. The van der Waals surface area contributed by atoms with Crippen LogP contribution in [0.25, 0.3) is 0 Å². The molecule has 2 rings (SSSR count). The van der Waals surface area contributed by atoms with Gasteiger partial charge in [-0.3, -0.25) is 10.1 Å². The van der Waals surface area contributed by atoms with Crippen LogP contribution in [-0.4, -0.2) is 41.3 Å². The van der Waals surface area contributed by atoms with E-state index in [0.717, 1.165) is 12.1 Å². The van der Waals surface area contributed by atoms with Gasteiger partial charge < -0.3 is 14.7 Å². The van der Waals surface area contributed by atoms with Gasteiger partial charge in [-0.2, -0.15) is 0 Å². The minimum atomic E-state index is -1.54. The normalized spacial score (nSPS) is 22.1. The van der Waals surface area contributed by atoms with E-state index in [1.807, 2.05) is 13.8 Å². The molecule has 0 aromatic heterocycles. The van der Waals surface area contributed by atoms with Gasteiger partial charge in [-0.05, 0) is 13.8 Å². The zero-order valence-corrected chi connectivity index (χ0v) is 11.6. The molecule has 0 aliphatic carbocycles. The lowest BCUT2D eigenvalue weighted by atomic mass is 10.1. The number of anilines is 1. The van der Waals surface area contributed by atoms with E-state index in [-0.39, 0.29) is 17.9 Å². The summed E-state index contributed by atoms with van der Waals surface area (Å²) in [6.45, 7) is 4.38. The minimum absolute atomic E-state index is 0.0736. The molecule has 8 heteroatoms. The number of nitrogens with zero attached hydrogens (tertiary/aromatic N) is 2. The SMILES string of the molecule is C[C@@H]1CN(c2cc(F)c(C(=O)O)cc2[N+](=O)[O-])C[C@H](C)O1. The van der Waals surface area contributed by atoms with Crippen molar-refractivity contribution in [1.82, 2.24) is 0 Å². The monoisotopic (exact) mass is 298 g/mol. The topological polar surface area (TPSA) is 92.9 Å². The number of carbonyl (C=O) groups is 1. The summed E-state index contributed by atoms with van der Waals surface area (Å²) in [7, 11) is 0. The van der Waals surface area contributed by atoms with Crippen molar-refractivity contribution in [3.63, 3.8) is 0 Å². The number of hydrogen-bond acceptors (Lipinski definition) is 5. The molecule has 114 valence electrons. The van der Waals surface area contributed by atoms with Crippen LogP contribution in [0.5, 0.6) is 0 Å². The molecule has 1 aromatic carbocycles. The lowest BCUT2D eigenvalue weighted by Crippen LogP contribution is -2.45. The molecule has 0 radical (unpaired) electrons. The summed E-state index contributed by atoms with van der Waals surface area (Å²) in [6, 6.07) is 1.67. The Hall–Kier alpha value is -2.22. The number of ether oxygens (including phenoxy) is 1. The molecular formula is C13H15FN2O5. The van der Waals surface area contributed by atoms with Crippen molar-refractivity contribution in [3.8, 4) is 0 Å². The van der Waals surface area contributed by atoms with Crippen molar-refractivity contribution in [3.05, 3.63) is 33.6 Å². The van der Waals surface area contributed by atoms with Gasteiger partial charge in [0.15, 0.2) is 0 Å². The maximum absolute atomic E-state index is 13.8. The maximum atomic E-state index is 13.8. The highest BCUT2D eigenvalue weighted by Gasteiger charge is 2.30. The standard InChI is InChI=1S/C13H15FN2O5/c1-7-5-15(6-8(2)21-7)11-4-10(14)9(13(17)18)3-12(11)16(19)20/h3-4,7-8H,5-6H2,1-2H3,(H,17,18)/t7-,8+. The van der Waals surface area contributed by atoms with Gasteiger partial charge >= 0.3 is 5.97 Å².